The number of nitrogens with one attached hydrogen (secondary N) is 1. The Morgan fingerprint density at radius 1 is 1.17 bits per heavy atom. The molecule has 1 aromatic heterocycles. The van der Waals surface area contributed by atoms with Crippen LogP contribution in [0.3, 0.4) is 0 Å². The topological polar surface area (TPSA) is 78.4 Å². The van der Waals surface area contributed by atoms with Gasteiger partial charge in [-0.05, 0) is 81.4 Å². The van der Waals surface area contributed by atoms with Gasteiger partial charge >= 0.3 is 0 Å². The average molecular weight is 405 g/mol. The standard InChI is InChI=1S/C24H28N4O2/c1-17-9-10-19-20(15-17)26-16-27-24(19)28(21-6-2-3-7-22(21)29)23(30)8-4-5-18-11-13-25-14-12-18/h2-3,6-7,9-10,15-16,18,25,29H,4-5,8,11-14H2,1H3. The molecule has 2 heterocycles. The molecule has 2 N–H and O–H groups in total. The minimum atomic E-state index is -0.0639. The van der Waals surface area contributed by atoms with E-state index in [1.807, 2.05) is 31.2 Å². The van der Waals surface area contributed by atoms with Gasteiger partial charge in [-0.1, -0.05) is 18.2 Å². The maximum absolute atomic E-state index is 13.4. The largest absolute Gasteiger partial charge is 0.506 e. The van der Waals surface area contributed by atoms with Gasteiger partial charge in [0.1, 0.15) is 12.1 Å². The van der Waals surface area contributed by atoms with E-state index < -0.39 is 0 Å². The summed E-state index contributed by atoms with van der Waals surface area (Å²) < 4.78 is 0. The van der Waals surface area contributed by atoms with Crippen molar-refractivity contribution in [1.82, 2.24) is 15.3 Å². The number of carbonyl (C=O) groups is 1. The van der Waals surface area contributed by atoms with E-state index in [0.29, 0.717) is 23.8 Å². The molecule has 3 aromatic rings. The number of nitrogens with zero attached hydrogens (tertiary/aromatic N) is 3. The molecule has 0 unspecified atom stereocenters. The third kappa shape index (κ3) is 4.44. The maximum atomic E-state index is 13.4. The van der Waals surface area contributed by atoms with Crippen LogP contribution in [0.25, 0.3) is 10.9 Å². The second-order valence-electron chi connectivity index (χ2n) is 8.02. The second-order valence-corrected chi connectivity index (χ2v) is 8.02. The molecule has 1 saturated heterocycles. The summed E-state index contributed by atoms with van der Waals surface area (Å²) in [4.78, 5) is 23.8. The zero-order valence-corrected chi connectivity index (χ0v) is 17.3. The first kappa shape index (κ1) is 20.3. The summed E-state index contributed by atoms with van der Waals surface area (Å²) in [6, 6.07) is 12.8. The molecule has 0 spiro atoms. The predicted molar refractivity (Wildman–Crippen MR) is 119 cm³/mol. The number of amides is 1. The number of aromatic nitrogens is 2. The second kappa shape index (κ2) is 9.22. The maximum Gasteiger partial charge on any atom is 0.232 e. The lowest BCUT2D eigenvalue weighted by Gasteiger charge is -2.25. The van der Waals surface area contributed by atoms with Crippen molar-refractivity contribution in [2.75, 3.05) is 18.0 Å². The highest BCUT2D eigenvalue weighted by molar-refractivity contribution is 6.07. The monoisotopic (exact) mass is 404 g/mol. The minimum absolute atomic E-state index is 0.0584. The van der Waals surface area contributed by atoms with Gasteiger partial charge in [-0.2, -0.15) is 0 Å². The predicted octanol–water partition coefficient (Wildman–Crippen LogP) is 4.48. The first-order valence-corrected chi connectivity index (χ1v) is 10.7. The van der Waals surface area contributed by atoms with Gasteiger partial charge in [0.05, 0.1) is 11.2 Å². The lowest BCUT2D eigenvalue weighted by atomic mass is 9.92. The Kier molecular flexibility index (Phi) is 6.23. The molecule has 1 aliphatic heterocycles. The van der Waals surface area contributed by atoms with Crippen molar-refractivity contribution in [3.8, 4) is 5.75 Å². The van der Waals surface area contributed by atoms with Crippen molar-refractivity contribution in [3.05, 3.63) is 54.4 Å². The molecule has 2 aromatic carbocycles. The van der Waals surface area contributed by atoms with Gasteiger partial charge in [-0.3, -0.25) is 9.69 Å². The van der Waals surface area contributed by atoms with E-state index in [0.717, 1.165) is 42.4 Å². The van der Waals surface area contributed by atoms with E-state index in [9.17, 15) is 9.90 Å². The van der Waals surface area contributed by atoms with Crippen LogP contribution in [0.2, 0.25) is 0 Å². The summed E-state index contributed by atoms with van der Waals surface area (Å²) in [5.74, 6) is 1.18. The number of hydrogen-bond acceptors (Lipinski definition) is 5. The van der Waals surface area contributed by atoms with Crippen molar-refractivity contribution in [3.63, 3.8) is 0 Å². The van der Waals surface area contributed by atoms with Crippen LogP contribution in [0.5, 0.6) is 5.75 Å². The summed E-state index contributed by atoms with van der Waals surface area (Å²) in [6.45, 7) is 4.14. The summed E-state index contributed by atoms with van der Waals surface area (Å²) >= 11 is 0. The Labute approximate surface area is 177 Å². The number of benzene rings is 2. The van der Waals surface area contributed by atoms with Crippen molar-refractivity contribution >= 4 is 28.3 Å². The van der Waals surface area contributed by atoms with Gasteiger partial charge in [-0.25, -0.2) is 9.97 Å². The zero-order chi connectivity index (χ0) is 20.9. The fourth-order valence-electron chi connectivity index (χ4n) is 4.18. The molecule has 0 bridgehead atoms. The smallest absolute Gasteiger partial charge is 0.232 e. The highest BCUT2D eigenvalue weighted by atomic mass is 16.3. The number of rotatable bonds is 6. The highest BCUT2D eigenvalue weighted by Gasteiger charge is 2.24. The van der Waals surface area contributed by atoms with Gasteiger partial charge < -0.3 is 10.4 Å². The summed E-state index contributed by atoms with van der Waals surface area (Å²) in [6.07, 6.45) is 6.12. The van der Waals surface area contributed by atoms with Crippen LogP contribution in [0.4, 0.5) is 11.5 Å². The molecule has 6 heteroatoms. The average Bonchev–Trinajstić information content (AvgIpc) is 2.76. The molecule has 0 saturated carbocycles. The van der Waals surface area contributed by atoms with Crippen molar-refractivity contribution in [2.45, 2.75) is 39.0 Å². The first-order valence-electron chi connectivity index (χ1n) is 10.7. The normalized spacial score (nSPS) is 14.7. The summed E-state index contributed by atoms with van der Waals surface area (Å²) in [5, 5.41) is 14.7. The van der Waals surface area contributed by atoms with Crippen LogP contribution in [-0.2, 0) is 4.79 Å². The number of para-hydroxylation sites is 2. The quantitative estimate of drug-likeness (QED) is 0.633. The summed E-state index contributed by atoms with van der Waals surface area (Å²) in [5.41, 5.74) is 2.32. The molecule has 4 rings (SSSR count). The number of piperidine rings is 1. The third-order valence-corrected chi connectivity index (χ3v) is 5.82. The van der Waals surface area contributed by atoms with Crippen LogP contribution in [0, 0.1) is 12.8 Å². The van der Waals surface area contributed by atoms with Crippen molar-refractivity contribution in [2.24, 2.45) is 5.92 Å². The van der Waals surface area contributed by atoms with Crippen LogP contribution >= 0.6 is 0 Å². The number of carbonyl (C=O) groups excluding carboxylic acids is 1. The minimum Gasteiger partial charge on any atom is -0.506 e. The van der Waals surface area contributed by atoms with E-state index in [1.54, 1.807) is 23.1 Å². The lowest BCUT2D eigenvalue weighted by Crippen LogP contribution is -2.29. The first-order chi connectivity index (χ1) is 14.6. The molecule has 1 aliphatic rings. The number of anilines is 2. The SMILES string of the molecule is Cc1ccc2c(N(C(=O)CCCC3CCNCC3)c3ccccc3O)ncnc2c1. The Morgan fingerprint density at radius 3 is 2.77 bits per heavy atom. The Hall–Kier alpha value is -2.99. The van der Waals surface area contributed by atoms with Gasteiger partial charge in [-0.15, -0.1) is 0 Å². The molecular formula is C24H28N4O2. The molecule has 0 aliphatic carbocycles. The molecule has 1 amide bonds. The van der Waals surface area contributed by atoms with Gasteiger partial charge in [0, 0.05) is 11.8 Å². The number of aryl methyl sites for hydroxylation is 1. The lowest BCUT2D eigenvalue weighted by molar-refractivity contribution is -0.118. The summed E-state index contributed by atoms with van der Waals surface area (Å²) in [7, 11) is 0. The highest BCUT2D eigenvalue weighted by Crippen LogP contribution is 2.36. The van der Waals surface area contributed by atoms with Crippen LogP contribution in [-0.4, -0.2) is 34.1 Å². The van der Waals surface area contributed by atoms with Crippen LogP contribution in [0.15, 0.2) is 48.8 Å². The van der Waals surface area contributed by atoms with Gasteiger partial charge in [0.25, 0.3) is 0 Å². The number of fused-ring (bicyclic) bond motifs is 1. The van der Waals surface area contributed by atoms with Crippen LogP contribution in [0.1, 0.15) is 37.7 Å². The number of phenolic OH excluding ortho intramolecular Hbond substituents is 1. The fourth-order valence-corrected chi connectivity index (χ4v) is 4.18. The Morgan fingerprint density at radius 2 is 1.97 bits per heavy atom. The van der Waals surface area contributed by atoms with E-state index >= 15 is 0 Å². The number of aromatic hydroxyl groups is 1. The van der Waals surface area contributed by atoms with Gasteiger partial charge in [0.15, 0.2) is 5.82 Å². The Bertz CT molecular complexity index is 1030. The van der Waals surface area contributed by atoms with E-state index in [2.05, 4.69) is 15.3 Å². The van der Waals surface area contributed by atoms with Crippen LogP contribution < -0.4 is 10.2 Å². The molecule has 156 valence electrons. The molecular weight excluding hydrogens is 376 g/mol. The van der Waals surface area contributed by atoms with Gasteiger partial charge in [0.2, 0.25) is 5.91 Å². The zero-order valence-electron chi connectivity index (χ0n) is 17.3. The van der Waals surface area contributed by atoms with E-state index in [-0.39, 0.29) is 11.7 Å². The number of hydrogen-bond donors (Lipinski definition) is 2. The van der Waals surface area contributed by atoms with Crippen molar-refractivity contribution in [1.29, 1.82) is 0 Å². The molecule has 30 heavy (non-hydrogen) atoms. The van der Waals surface area contributed by atoms with Crippen molar-refractivity contribution < 1.29 is 9.90 Å². The Balaban J connectivity index is 1.64. The molecule has 0 radical (unpaired) electrons. The fraction of sp³-hybridized carbons (Fsp3) is 0.375. The molecule has 1 fully saturated rings. The van der Waals surface area contributed by atoms with E-state index in [1.165, 1.54) is 19.2 Å². The third-order valence-electron chi connectivity index (χ3n) is 5.82. The number of phenols is 1. The molecule has 6 nitrogen and oxygen atoms in total. The van der Waals surface area contributed by atoms with E-state index in [4.69, 9.17) is 0 Å². The molecule has 0 atom stereocenters.